The zero-order valence-electron chi connectivity index (χ0n) is 76.1. The van der Waals surface area contributed by atoms with Crippen LogP contribution in [-0.2, 0) is 26.2 Å². The molecule has 0 amide bonds. The summed E-state index contributed by atoms with van der Waals surface area (Å²) in [5.74, 6) is 17.9. The highest BCUT2D eigenvalue weighted by atomic mass is 15.5. The SMILES string of the molecule is C1=C2N(CCN2Cc2ccccc2)CCN2CCN=C12.C1=C[N+]2(Cc3ccccc3)CCN3CCN=C3C3=C2N1CCN1CCN=C31.CCC(C)C.CCC(C)C.CCC(C)C.CCC(C)C.c1ccc(CN2CCN3CCN4CC[N+]5=C4C(=C32)C2=NCCN2CC5)cc1.c1ccc(C[N+]23CCN=C2C2=C4N(CCN5CCN=C25)CCN4CC3)cc1. The molecule has 0 radical (unpaired) electrons. The number of benzene rings is 4. The average molecular weight is 1650 g/mol. The summed E-state index contributed by atoms with van der Waals surface area (Å²) >= 11 is 0. The smallest absolute Gasteiger partial charge is 0.287 e. The van der Waals surface area contributed by atoms with E-state index < -0.39 is 0 Å². The molecular formula is C99H147N22+3. The highest BCUT2D eigenvalue weighted by Gasteiger charge is 2.54. The van der Waals surface area contributed by atoms with Crippen LogP contribution in [0.3, 0.4) is 0 Å². The predicted molar refractivity (Wildman–Crippen MR) is 499 cm³/mol. The van der Waals surface area contributed by atoms with Gasteiger partial charge in [-0.3, -0.25) is 43.8 Å². The van der Waals surface area contributed by atoms with E-state index in [4.69, 9.17) is 25.0 Å². The molecule has 0 bridgehead atoms. The topological polar surface area (TPSA) is 119 Å². The Balaban J connectivity index is 0.000000117. The summed E-state index contributed by atoms with van der Waals surface area (Å²) in [5, 5.41) is 0. The van der Waals surface area contributed by atoms with E-state index in [0.29, 0.717) is 0 Å². The van der Waals surface area contributed by atoms with E-state index in [0.717, 1.165) is 281 Å². The van der Waals surface area contributed by atoms with Crippen LogP contribution in [0.1, 0.15) is 131 Å². The molecule has 18 heterocycles. The second kappa shape index (κ2) is 40.3. The monoisotopic (exact) mass is 1640 g/mol. The standard InChI is InChI=1S/C21H27N6.C21H25N6.C21H27N6.C16H20N4.4C5H12/c1-2-4-17(5-3-1)16-27-14-7-23-20(27)18-19-22-6-8-24(19)9-10-25-11-12-26(13-15-27)21(18)25;1-2-4-17(5-3-1)16-27-14-12-25-9-7-23-20(25)18-19-22-6-8-24(19)10-11-26(13-15-27)21(18)27;1-2-4-17(5-3-1)16-27-15-14-26-13-12-25-11-10-24-9-8-23-7-6-22-19(23)18(20(24)25)21(26)27;1-2-4-14(5-3-1)13-20-11-10-19-9-8-18-7-6-17-15(18)12-16(19)20;4*1-4-5(2)3/h1-5H,6-16H2;1-5,13,15H,6-12,14,16H2;1-5H,6-16H2;1-5,12H,6-11,13H2;4*5H,4H2,1-3H3/q3*+1;;;;;. The summed E-state index contributed by atoms with van der Waals surface area (Å²) in [6, 6.07) is 43.5. The third-order valence-electron chi connectivity index (χ3n) is 27.5. The van der Waals surface area contributed by atoms with Gasteiger partial charge in [-0.2, -0.15) is 0 Å². The Morgan fingerprint density at radius 2 is 0.744 bits per heavy atom. The highest BCUT2D eigenvalue weighted by molar-refractivity contribution is 6.25. The molecule has 3 fully saturated rings. The Morgan fingerprint density at radius 3 is 1.31 bits per heavy atom. The van der Waals surface area contributed by atoms with Crippen molar-refractivity contribution in [1.82, 2.24) is 63.7 Å². The second-order valence-corrected chi connectivity index (χ2v) is 37.2. The van der Waals surface area contributed by atoms with Crippen molar-refractivity contribution in [3.05, 3.63) is 202 Å². The molecule has 3 saturated heterocycles. The van der Waals surface area contributed by atoms with Gasteiger partial charge in [-0.25, -0.2) is 9.48 Å². The fourth-order valence-electron chi connectivity index (χ4n) is 19.2. The third kappa shape index (κ3) is 19.8. The number of rotatable bonds is 12. The first-order valence-corrected chi connectivity index (χ1v) is 47.3. The van der Waals surface area contributed by atoms with Gasteiger partial charge in [-0.1, -0.05) is 230 Å². The Morgan fingerprint density at radius 1 is 0.339 bits per heavy atom. The molecule has 0 aliphatic carbocycles. The largest absolute Gasteiger partial charge is 0.355 e. The van der Waals surface area contributed by atoms with Gasteiger partial charge < -0.3 is 53.9 Å². The van der Waals surface area contributed by atoms with Gasteiger partial charge in [0, 0.05) is 142 Å². The van der Waals surface area contributed by atoms with Crippen LogP contribution in [0.5, 0.6) is 0 Å². The van der Waals surface area contributed by atoms with Crippen LogP contribution in [-0.4, -0.2) is 341 Å². The number of quaternary nitrogens is 2. The van der Waals surface area contributed by atoms with Gasteiger partial charge in [0.15, 0.2) is 0 Å². The normalized spacial score (nSPS) is 23.3. The van der Waals surface area contributed by atoms with E-state index in [1.165, 1.54) is 129 Å². The maximum atomic E-state index is 5.14. The molecule has 18 aliphatic rings. The summed E-state index contributed by atoms with van der Waals surface area (Å²) in [6.45, 7) is 67.0. The van der Waals surface area contributed by atoms with Crippen LogP contribution >= 0.6 is 0 Å². The lowest BCUT2D eigenvalue weighted by Crippen LogP contribution is -2.53. The van der Waals surface area contributed by atoms with Crippen molar-refractivity contribution in [2.24, 2.45) is 53.6 Å². The van der Waals surface area contributed by atoms with Gasteiger partial charge in [0.05, 0.1) is 71.6 Å². The molecule has 0 spiro atoms. The number of amidine groups is 7. The Kier molecular flexibility index (Phi) is 28.8. The van der Waals surface area contributed by atoms with Crippen molar-refractivity contribution in [3.63, 3.8) is 0 Å². The molecule has 0 aromatic heterocycles. The molecule has 121 heavy (non-hydrogen) atoms. The van der Waals surface area contributed by atoms with E-state index in [-0.39, 0.29) is 0 Å². The first kappa shape index (κ1) is 86.5. The van der Waals surface area contributed by atoms with Crippen molar-refractivity contribution in [2.75, 3.05) is 223 Å². The fraction of sp³-hybridized carbons (Fsp3) is 0.586. The summed E-state index contributed by atoms with van der Waals surface area (Å²) in [4.78, 5) is 62.6. The van der Waals surface area contributed by atoms with E-state index >= 15 is 0 Å². The molecule has 0 saturated carbocycles. The summed E-state index contributed by atoms with van der Waals surface area (Å²) in [5.41, 5.74) is 9.62. The average Bonchev–Trinajstić information content (AvgIpc) is 1.58. The minimum absolute atomic E-state index is 0.877. The molecule has 4 aromatic rings. The Labute approximate surface area is 727 Å². The zero-order valence-corrected chi connectivity index (χ0v) is 76.1. The maximum Gasteiger partial charge on any atom is 0.287 e. The van der Waals surface area contributed by atoms with E-state index in [1.54, 1.807) is 0 Å². The molecule has 0 N–H and O–H groups in total. The molecular weight excluding hydrogens is 1500 g/mol. The number of fused-ring (bicyclic) bond motifs is 13. The molecule has 22 heteroatoms. The summed E-state index contributed by atoms with van der Waals surface area (Å²) in [6.07, 6.45) is 12.2. The quantitative estimate of drug-likeness (QED) is 0.0990. The number of hydrogen-bond donors (Lipinski definition) is 0. The van der Waals surface area contributed by atoms with Crippen LogP contribution < -0.4 is 0 Å². The Bertz CT molecular complexity index is 4460. The lowest BCUT2D eigenvalue weighted by atomic mass is 10.1. The summed E-state index contributed by atoms with van der Waals surface area (Å²) < 4.78 is 4.48. The van der Waals surface area contributed by atoms with Gasteiger partial charge >= 0.3 is 0 Å². The molecule has 22 nitrogen and oxygen atoms in total. The van der Waals surface area contributed by atoms with Crippen molar-refractivity contribution in [1.29, 1.82) is 0 Å². The lowest BCUT2D eigenvalue weighted by molar-refractivity contribution is -0.856. The fourth-order valence-corrected chi connectivity index (χ4v) is 19.2. The van der Waals surface area contributed by atoms with Crippen LogP contribution in [0.25, 0.3) is 0 Å². The third-order valence-corrected chi connectivity index (χ3v) is 27.5. The predicted octanol–water partition coefficient (Wildman–Crippen LogP) is 12.5. The van der Waals surface area contributed by atoms with Crippen molar-refractivity contribution in [3.8, 4) is 0 Å². The molecule has 650 valence electrons. The Hall–Kier alpha value is -9.41. The van der Waals surface area contributed by atoms with Crippen LogP contribution in [0.15, 0.2) is 210 Å². The van der Waals surface area contributed by atoms with Gasteiger partial charge in [0.2, 0.25) is 11.7 Å². The van der Waals surface area contributed by atoms with Gasteiger partial charge in [-0.15, -0.1) is 0 Å². The van der Waals surface area contributed by atoms with Gasteiger partial charge in [-0.05, 0) is 34.8 Å². The van der Waals surface area contributed by atoms with E-state index in [1.807, 2.05) is 0 Å². The van der Waals surface area contributed by atoms with Crippen LogP contribution in [0.4, 0.5) is 0 Å². The van der Waals surface area contributed by atoms with E-state index in [9.17, 15) is 0 Å². The highest BCUT2D eigenvalue weighted by Crippen LogP contribution is 2.42. The van der Waals surface area contributed by atoms with Crippen LogP contribution in [0.2, 0.25) is 0 Å². The minimum atomic E-state index is 0.877. The first-order chi connectivity index (χ1) is 59.0. The molecule has 18 aliphatic heterocycles. The number of aliphatic imine (C=N–C) groups is 6. The molecule has 2 unspecified atom stereocenters. The second-order valence-electron chi connectivity index (χ2n) is 37.2. The summed E-state index contributed by atoms with van der Waals surface area (Å²) in [7, 11) is 0. The van der Waals surface area contributed by atoms with Crippen molar-refractivity contribution >= 4 is 40.8 Å². The maximum absolute atomic E-state index is 5.14. The van der Waals surface area contributed by atoms with Gasteiger partial charge in [0.1, 0.15) is 128 Å². The lowest BCUT2D eigenvalue weighted by Gasteiger charge is -2.35. The first-order valence-electron chi connectivity index (χ1n) is 47.3. The van der Waals surface area contributed by atoms with Gasteiger partial charge in [0.25, 0.3) is 5.84 Å². The molecule has 22 rings (SSSR count). The number of hydrogen-bond acceptors (Lipinski definition) is 19. The molecule has 4 aromatic carbocycles. The minimum Gasteiger partial charge on any atom is -0.355 e. The van der Waals surface area contributed by atoms with E-state index in [2.05, 4.69) is 296 Å². The van der Waals surface area contributed by atoms with Crippen molar-refractivity contribution < 1.29 is 13.5 Å². The molecule has 2 atom stereocenters. The zero-order chi connectivity index (χ0) is 84.0. The number of nitrogens with zero attached hydrogens (tertiary/aromatic N) is 22. The van der Waals surface area contributed by atoms with Crippen molar-refractivity contribution in [2.45, 2.75) is 135 Å². The van der Waals surface area contributed by atoms with Crippen LogP contribution in [0, 0.1) is 23.7 Å².